The molecule has 22 heavy (non-hydrogen) atoms. The highest BCUT2D eigenvalue weighted by Gasteiger charge is 2.25. The van der Waals surface area contributed by atoms with Gasteiger partial charge in [0.1, 0.15) is 5.82 Å². The predicted octanol–water partition coefficient (Wildman–Crippen LogP) is 4.72. The number of hydrogen-bond acceptors (Lipinski definition) is 3. The van der Waals surface area contributed by atoms with Gasteiger partial charge in [-0.15, -0.1) is 23.7 Å². The standard InChI is InChI=1S/C15H15BrClFN2S.ClH/c16-11-7-10(8-12(18)9-11)15(13-1-2-14(17)21-13)20-5-3-19-4-6-20;/h1-2,7-9,15,19H,3-6H2;1H/t15-;/m0./s1. The van der Waals surface area contributed by atoms with Crippen LogP contribution in [0.2, 0.25) is 4.34 Å². The fourth-order valence-corrected chi connectivity index (χ4v) is 4.41. The van der Waals surface area contributed by atoms with Gasteiger partial charge in [0.2, 0.25) is 0 Å². The molecule has 0 radical (unpaired) electrons. The highest BCUT2D eigenvalue weighted by Crippen LogP contribution is 2.36. The first-order valence-corrected chi connectivity index (χ1v) is 8.78. The van der Waals surface area contributed by atoms with Crippen molar-refractivity contribution in [3.8, 4) is 0 Å². The lowest BCUT2D eigenvalue weighted by Gasteiger charge is -2.34. The van der Waals surface area contributed by atoms with E-state index < -0.39 is 0 Å². The minimum absolute atomic E-state index is 0. The molecule has 120 valence electrons. The zero-order chi connectivity index (χ0) is 14.8. The minimum Gasteiger partial charge on any atom is -0.314 e. The normalized spacial score (nSPS) is 17.0. The largest absolute Gasteiger partial charge is 0.314 e. The highest BCUT2D eigenvalue weighted by atomic mass is 79.9. The number of benzene rings is 1. The fourth-order valence-electron chi connectivity index (χ4n) is 2.70. The predicted molar refractivity (Wildman–Crippen MR) is 97.0 cm³/mol. The van der Waals surface area contributed by atoms with Crippen molar-refractivity contribution < 1.29 is 4.39 Å². The van der Waals surface area contributed by atoms with E-state index in [2.05, 4.69) is 26.1 Å². The number of hydrogen-bond donors (Lipinski definition) is 1. The first kappa shape index (κ1) is 18.2. The van der Waals surface area contributed by atoms with Crippen LogP contribution in [-0.2, 0) is 0 Å². The van der Waals surface area contributed by atoms with E-state index in [9.17, 15) is 4.39 Å². The van der Waals surface area contributed by atoms with Crippen molar-refractivity contribution in [2.75, 3.05) is 26.2 Å². The van der Waals surface area contributed by atoms with Gasteiger partial charge in [-0.25, -0.2) is 4.39 Å². The topological polar surface area (TPSA) is 15.3 Å². The minimum atomic E-state index is -0.220. The van der Waals surface area contributed by atoms with Crippen LogP contribution in [0.15, 0.2) is 34.8 Å². The van der Waals surface area contributed by atoms with Crippen LogP contribution in [-0.4, -0.2) is 31.1 Å². The summed E-state index contributed by atoms with van der Waals surface area (Å²) < 4.78 is 15.3. The molecule has 1 saturated heterocycles. The Bertz CT molecular complexity index is 612. The molecular formula is C15H16BrCl2FN2S. The molecule has 0 aliphatic carbocycles. The van der Waals surface area contributed by atoms with Gasteiger partial charge in [-0.05, 0) is 35.9 Å². The summed E-state index contributed by atoms with van der Waals surface area (Å²) in [5, 5.41) is 3.35. The molecule has 1 N–H and O–H groups in total. The Morgan fingerprint density at radius 1 is 1.23 bits per heavy atom. The molecule has 2 heterocycles. The van der Waals surface area contributed by atoms with E-state index in [0.29, 0.717) is 0 Å². The van der Waals surface area contributed by atoms with Gasteiger partial charge in [0.25, 0.3) is 0 Å². The van der Waals surface area contributed by atoms with Crippen LogP contribution in [0, 0.1) is 5.82 Å². The summed E-state index contributed by atoms with van der Waals surface area (Å²) in [6.07, 6.45) is 0. The van der Waals surface area contributed by atoms with Crippen molar-refractivity contribution in [2.24, 2.45) is 0 Å². The maximum Gasteiger partial charge on any atom is 0.124 e. The van der Waals surface area contributed by atoms with Crippen LogP contribution < -0.4 is 5.32 Å². The monoisotopic (exact) mass is 424 g/mol. The smallest absolute Gasteiger partial charge is 0.124 e. The van der Waals surface area contributed by atoms with Gasteiger partial charge in [-0.2, -0.15) is 0 Å². The summed E-state index contributed by atoms with van der Waals surface area (Å²) in [6.45, 7) is 3.78. The van der Waals surface area contributed by atoms with Crippen molar-refractivity contribution in [1.29, 1.82) is 0 Å². The van der Waals surface area contributed by atoms with Gasteiger partial charge < -0.3 is 5.32 Å². The molecule has 7 heteroatoms. The molecule has 1 aliphatic rings. The fraction of sp³-hybridized carbons (Fsp3) is 0.333. The third kappa shape index (κ3) is 4.22. The Morgan fingerprint density at radius 2 is 1.95 bits per heavy atom. The third-order valence-corrected chi connectivity index (χ3v) is 5.32. The molecule has 0 bridgehead atoms. The maximum absolute atomic E-state index is 13.8. The molecule has 0 saturated carbocycles. The van der Waals surface area contributed by atoms with Gasteiger partial charge in [-0.3, -0.25) is 4.90 Å². The quantitative estimate of drug-likeness (QED) is 0.765. The van der Waals surface area contributed by atoms with Crippen molar-refractivity contribution in [2.45, 2.75) is 6.04 Å². The summed E-state index contributed by atoms with van der Waals surface area (Å²) >= 11 is 11.0. The van der Waals surface area contributed by atoms with Crippen LogP contribution in [0.5, 0.6) is 0 Å². The Balaban J connectivity index is 0.00000176. The summed E-state index contributed by atoms with van der Waals surface area (Å²) in [4.78, 5) is 3.53. The molecular weight excluding hydrogens is 410 g/mol. The Labute approximate surface area is 153 Å². The maximum atomic E-state index is 13.8. The molecule has 2 aromatic rings. The van der Waals surface area contributed by atoms with Crippen molar-refractivity contribution in [1.82, 2.24) is 10.2 Å². The van der Waals surface area contributed by atoms with Gasteiger partial charge in [0.05, 0.1) is 10.4 Å². The van der Waals surface area contributed by atoms with E-state index >= 15 is 0 Å². The second-order valence-electron chi connectivity index (χ2n) is 5.03. The van der Waals surface area contributed by atoms with Crippen LogP contribution >= 0.6 is 51.3 Å². The number of piperazine rings is 1. The van der Waals surface area contributed by atoms with Gasteiger partial charge in [0, 0.05) is 35.5 Å². The lowest BCUT2D eigenvalue weighted by molar-refractivity contribution is 0.200. The molecule has 2 nitrogen and oxygen atoms in total. The molecule has 1 aromatic heterocycles. The number of nitrogens with zero attached hydrogens (tertiary/aromatic N) is 1. The third-order valence-electron chi connectivity index (χ3n) is 3.58. The van der Waals surface area contributed by atoms with Gasteiger partial charge in [-0.1, -0.05) is 27.5 Å². The molecule has 1 aliphatic heterocycles. The van der Waals surface area contributed by atoms with Crippen molar-refractivity contribution >= 4 is 51.3 Å². The SMILES string of the molecule is Cl.Fc1cc(Br)cc([C@@H](c2ccc(Cl)s2)N2CCNCC2)c1. The van der Waals surface area contributed by atoms with E-state index in [1.165, 1.54) is 6.07 Å². The second kappa shape index (κ2) is 8.08. The van der Waals surface area contributed by atoms with E-state index in [1.807, 2.05) is 18.2 Å². The molecule has 1 atom stereocenters. The van der Waals surface area contributed by atoms with E-state index in [1.54, 1.807) is 17.4 Å². The van der Waals surface area contributed by atoms with Crippen molar-refractivity contribution in [3.05, 3.63) is 55.4 Å². The van der Waals surface area contributed by atoms with Crippen LogP contribution in [0.1, 0.15) is 16.5 Å². The number of thiophene rings is 1. The molecule has 1 aromatic carbocycles. The number of nitrogens with one attached hydrogen (secondary N) is 1. The van der Waals surface area contributed by atoms with Crippen LogP contribution in [0.4, 0.5) is 4.39 Å². The Morgan fingerprint density at radius 3 is 2.55 bits per heavy atom. The summed E-state index contributed by atoms with van der Waals surface area (Å²) in [5.74, 6) is -0.220. The Hall–Kier alpha value is -0.170. The molecule has 1 fully saturated rings. The zero-order valence-corrected chi connectivity index (χ0v) is 15.7. The molecule has 3 rings (SSSR count). The van der Waals surface area contributed by atoms with Gasteiger partial charge in [0.15, 0.2) is 0 Å². The van der Waals surface area contributed by atoms with E-state index in [-0.39, 0.29) is 24.3 Å². The average Bonchev–Trinajstić information content (AvgIpc) is 2.85. The lowest BCUT2D eigenvalue weighted by atomic mass is 10.0. The first-order valence-electron chi connectivity index (χ1n) is 6.79. The second-order valence-corrected chi connectivity index (χ2v) is 7.70. The molecule has 0 unspecified atom stereocenters. The zero-order valence-electron chi connectivity index (χ0n) is 11.7. The van der Waals surface area contributed by atoms with Crippen molar-refractivity contribution in [3.63, 3.8) is 0 Å². The first-order chi connectivity index (χ1) is 10.1. The average molecular weight is 426 g/mol. The van der Waals surface area contributed by atoms with Crippen LogP contribution in [0.3, 0.4) is 0 Å². The van der Waals surface area contributed by atoms with Gasteiger partial charge >= 0.3 is 0 Å². The number of rotatable bonds is 3. The van der Waals surface area contributed by atoms with E-state index in [4.69, 9.17) is 11.6 Å². The van der Waals surface area contributed by atoms with Crippen LogP contribution in [0.25, 0.3) is 0 Å². The Kier molecular flexibility index (Phi) is 6.68. The van der Waals surface area contributed by atoms with E-state index in [0.717, 1.165) is 45.4 Å². The number of halogens is 4. The lowest BCUT2D eigenvalue weighted by Crippen LogP contribution is -2.45. The summed E-state index contributed by atoms with van der Waals surface area (Å²) in [5.41, 5.74) is 0.960. The summed E-state index contributed by atoms with van der Waals surface area (Å²) in [7, 11) is 0. The summed E-state index contributed by atoms with van der Waals surface area (Å²) in [6, 6.07) is 9.09. The highest BCUT2D eigenvalue weighted by molar-refractivity contribution is 9.10. The molecule has 0 spiro atoms. The molecule has 0 amide bonds.